The molecule has 0 saturated heterocycles. The SMILES string of the molecule is CCCNC(CC)COc1c(C)cc(C)cc1C. The minimum absolute atomic E-state index is 0.449. The second-order valence-electron chi connectivity index (χ2n) is 5.10. The van der Waals surface area contributed by atoms with Crippen LogP contribution in [0.3, 0.4) is 0 Å². The Kier molecular flexibility index (Phi) is 6.20. The summed E-state index contributed by atoms with van der Waals surface area (Å²) in [4.78, 5) is 0. The molecule has 0 aromatic heterocycles. The summed E-state index contributed by atoms with van der Waals surface area (Å²) in [5, 5.41) is 3.51. The van der Waals surface area contributed by atoms with E-state index in [0.717, 1.165) is 25.3 Å². The number of hydrogen-bond acceptors (Lipinski definition) is 2. The van der Waals surface area contributed by atoms with Crippen LogP contribution in [0.5, 0.6) is 5.75 Å². The number of rotatable bonds is 7. The van der Waals surface area contributed by atoms with Gasteiger partial charge in [0.05, 0.1) is 0 Å². The van der Waals surface area contributed by atoms with Crippen LogP contribution in [0.4, 0.5) is 0 Å². The standard InChI is InChI=1S/C16H27NO/c1-6-8-17-15(7-2)11-18-16-13(4)9-12(3)10-14(16)5/h9-10,15,17H,6-8,11H2,1-5H3. The summed E-state index contributed by atoms with van der Waals surface area (Å²) in [6.45, 7) is 12.6. The Morgan fingerprint density at radius 2 is 1.72 bits per heavy atom. The fraction of sp³-hybridized carbons (Fsp3) is 0.625. The van der Waals surface area contributed by atoms with Gasteiger partial charge in [0.15, 0.2) is 0 Å². The van der Waals surface area contributed by atoms with Gasteiger partial charge in [-0.3, -0.25) is 0 Å². The summed E-state index contributed by atoms with van der Waals surface area (Å²) in [7, 11) is 0. The second-order valence-corrected chi connectivity index (χ2v) is 5.10. The molecule has 18 heavy (non-hydrogen) atoms. The van der Waals surface area contributed by atoms with Gasteiger partial charge in [0.2, 0.25) is 0 Å². The molecule has 102 valence electrons. The van der Waals surface area contributed by atoms with Crippen LogP contribution >= 0.6 is 0 Å². The summed E-state index contributed by atoms with van der Waals surface area (Å²) >= 11 is 0. The third kappa shape index (κ3) is 4.34. The van der Waals surface area contributed by atoms with E-state index in [1.807, 2.05) is 0 Å². The first-order chi connectivity index (χ1) is 8.58. The fourth-order valence-corrected chi connectivity index (χ4v) is 2.25. The molecule has 1 aromatic carbocycles. The van der Waals surface area contributed by atoms with E-state index < -0.39 is 0 Å². The van der Waals surface area contributed by atoms with Gasteiger partial charge in [-0.15, -0.1) is 0 Å². The first kappa shape index (κ1) is 15.0. The molecule has 0 saturated carbocycles. The largest absolute Gasteiger partial charge is 0.491 e. The van der Waals surface area contributed by atoms with Crippen LogP contribution < -0.4 is 10.1 Å². The average molecular weight is 249 g/mol. The zero-order valence-corrected chi connectivity index (χ0v) is 12.5. The van der Waals surface area contributed by atoms with Gasteiger partial charge in [0.1, 0.15) is 12.4 Å². The molecule has 2 nitrogen and oxygen atoms in total. The van der Waals surface area contributed by atoms with Crippen molar-refractivity contribution in [3.05, 3.63) is 28.8 Å². The quantitative estimate of drug-likeness (QED) is 0.794. The minimum Gasteiger partial charge on any atom is -0.491 e. The Labute approximate surface area is 112 Å². The summed E-state index contributed by atoms with van der Waals surface area (Å²) < 4.78 is 6.01. The van der Waals surface area contributed by atoms with Gasteiger partial charge in [0.25, 0.3) is 0 Å². The van der Waals surface area contributed by atoms with Gasteiger partial charge in [-0.05, 0) is 51.3 Å². The van der Waals surface area contributed by atoms with Crippen LogP contribution in [-0.4, -0.2) is 19.2 Å². The van der Waals surface area contributed by atoms with Gasteiger partial charge in [-0.1, -0.05) is 31.5 Å². The maximum absolute atomic E-state index is 6.01. The van der Waals surface area contributed by atoms with Crippen molar-refractivity contribution in [1.29, 1.82) is 0 Å². The highest BCUT2D eigenvalue weighted by molar-refractivity contribution is 5.42. The van der Waals surface area contributed by atoms with Crippen molar-refractivity contribution < 1.29 is 4.74 Å². The van der Waals surface area contributed by atoms with Crippen LogP contribution in [0, 0.1) is 20.8 Å². The van der Waals surface area contributed by atoms with Crippen LogP contribution in [-0.2, 0) is 0 Å². The maximum atomic E-state index is 6.01. The van der Waals surface area contributed by atoms with E-state index in [9.17, 15) is 0 Å². The summed E-state index contributed by atoms with van der Waals surface area (Å²) in [6, 6.07) is 4.82. The average Bonchev–Trinajstić information content (AvgIpc) is 2.31. The summed E-state index contributed by atoms with van der Waals surface area (Å²) in [5.74, 6) is 1.05. The highest BCUT2D eigenvalue weighted by atomic mass is 16.5. The van der Waals surface area contributed by atoms with Crippen molar-refractivity contribution in [2.45, 2.75) is 53.5 Å². The van der Waals surface area contributed by atoms with Gasteiger partial charge in [0, 0.05) is 6.04 Å². The second kappa shape index (κ2) is 7.42. The molecule has 0 aliphatic heterocycles. The molecule has 0 spiro atoms. The van der Waals surface area contributed by atoms with Gasteiger partial charge in [-0.2, -0.15) is 0 Å². The van der Waals surface area contributed by atoms with Crippen molar-refractivity contribution in [2.24, 2.45) is 0 Å². The van der Waals surface area contributed by atoms with Crippen LogP contribution in [0.2, 0.25) is 0 Å². The number of hydrogen-bond donors (Lipinski definition) is 1. The zero-order valence-electron chi connectivity index (χ0n) is 12.5. The predicted molar refractivity (Wildman–Crippen MR) is 78.5 cm³/mol. The molecule has 0 radical (unpaired) electrons. The molecule has 0 bridgehead atoms. The van der Waals surface area contributed by atoms with E-state index in [0.29, 0.717) is 6.04 Å². The number of ether oxygens (including phenoxy) is 1. The Morgan fingerprint density at radius 1 is 1.11 bits per heavy atom. The number of nitrogens with one attached hydrogen (secondary N) is 1. The van der Waals surface area contributed by atoms with Crippen molar-refractivity contribution in [1.82, 2.24) is 5.32 Å². The van der Waals surface area contributed by atoms with Crippen molar-refractivity contribution in [3.8, 4) is 5.75 Å². The lowest BCUT2D eigenvalue weighted by molar-refractivity contribution is 0.257. The Hall–Kier alpha value is -1.02. The molecule has 1 unspecified atom stereocenters. The monoisotopic (exact) mass is 249 g/mol. The normalized spacial score (nSPS) is 12.5. The van der Waals surface area contributed by atoms with Crippen LogP contribution in [0.1, 0.15) is 43.4 Å². The maximum Gasteiger partial charge on any atom is 0.125 e. The molecule has 1 N–H and O–H groups in total. The first-order valence-electron chi connectivity index (χ1n) is 7.02. The van der Waals surface area contributed by atoms with Crippen molar-refractivity contribution >= 4 is 0 Å². The van der Waals surface area contributed by atoms with E-state index in [1.54, 1.807) is 0 Å². The number of benzene rings is 1. The first-order valence-corrected chi connectivity index (χ1v) is 7.02. The highest BCUT2D eigenvalue weighted by Gasteiger charge is 2.09. The summed E-state index contributed by atoms with van der Waals surface area (Å²) in [5.41, 5.74) is 3.77. The third-order valence-corrected chi connectivity index (χ3v) is 3.21. The molecular weight excluding hydrogens is 222 g/mol. The molecule has 1 rings (SSSR count). The van der Waals surface area contributed by atoms with Gasteiger partial charge in [-0.25, -0.2) is 0 Å². The molecule has 0 amide bonds. The Morgan fingerprint density at radius 3 is 2.22 bits per heavy atom. The topological polar surface area (TPSA) is 21.3 Å². The van der Waals surface area contributed by atoms with E-state index >= 15 is 0 Å². The molecule has 1 atom stereocenters. The smallest absolute Gasteiger partial charge is 0.125 e. The predicted octanol–water partition coefficient (Wildman–Crippen LogP) is 3.77. The molecule has 0 aliphatic carbocycles. The van der Waals surface area contributed by atoms with Gasteiger partial charge >= 0.3 is 0 Å². The zero-order chi connectivity index (χ0) is 13.5. The van der Waals surface area contributed by atoms with Crippen LogP contribution in [0.25, 0.3) is 0 Å². The van der Waals surface area contributed by atoms with E-state index in [2.05, 4.69) is 52.1 Å². The Bertz CT molecular complexity index is 350. The van der Waals surface area contributed by atoms with E-state index in [-0.39, 0.29) is 0 Å². The molecule has 0 fully saturated rings. The lowest BCUT2D eigenvalue weighted by Gasteiger charge is -2.19. The molecule has 1 aromatic rings. The number of aryl methyl sites for hydroxylation is 3. The minimum atomic E-state index is 0.449. The third-order valence-electron chi connectivity index (χ3n) is 3.21. The lowest BCUT2D eigenvalue weighted by atomic mass is 10.1. The van der Waals surface area contributed by atoms with Crippen LogP contribution in [0.15, 0.2) is 12.1 Å². The lowest BCUT2D eigenvalue weighted by Crippen LogP contribution is -2.34. The van der Waals surface area contributed by atoms with E-state index in [4.69, 9.17) is 4.74 Å². The summed E-state index contributed by atoms with van der Waals surface area (Å²) in [6.07, 6.45) is 2.27. The molecular formula is C16H27NO. The molecule has 2 heteroatoms. The van der Waals surface area contributed by atoms with Gasteiger partial charge < -0.3 is 10.1 Å². The Balaban J connectivity index is 2.62. The van der Waals surface area contributed by atoms with Crippen molar-refractivity contribution in [2.75, 3.05) is 13.2 Å². The van der Waals surface area contributed by atoms with Crippen molar-refractivity contribution in [3.63, 3.8) is 0 Å². The van der Waals surface area contributed by atoms with E-state index in [1.165, 1.54) is 23.1 Å². The molecule has 0 aliphatic rings. The fourth-order valence-electron chi connectivity index (χ4n) is 2.25. The highest BCUT2D eigenvalue weighted by Crippen LogP contribution is 2.24. The molecule has 0 heterocycles.